The first-order chi connectivity index (χ1) is 9.86. The van der Waals surface area contributed by atoms with E-state index in [1.807, 2.05) is 0 Å². The zero-order valence-electron chi connectivity index (χ0n) is 11.9. The van der Waals surface area contributed by atoms with E-state index in [9.17, 15) is 17.6 Å². The van der Waals surface area contributed by atoms with Gasteiger partial charge in [-0.2, -0.15) is 0 Å². The topological polar surface area (TPSA) is 66.5 Å². The molecule has 1 atom stereocenters. The molecule has 0 bridgehead atoms. The minimum absolute atomic E-state index is 0.0396. The summed E-state index contributed by atoms with van der Waals surface area (Å²) in [7, 11) is -3.24. The second-order valence-corrected chi connectivity index (χ2v) is 7.28. The molecule has 5 nitrogen and oxygen atoms in total. The van der Waals surface area contributed by atoms with Crippen molar-refractivity contribution in [2.45, 2.75) is 25.3 Å². The minimum atomic E-state index is -3.24. The van der Waals surface area contributed by atoms with Gasteiger partial charge in [-0.05, 0) is 24.5 Å². The van der Waals surface area contributed by atoms with Crippen LogP contribution in [0.2, 0.25) is 0 Å². The summed E-state index contributed by atoms with van der Waals surface area (Å²) in [6.07, 6.45) is 2.56. The van der Waals surface area contributed by atoms with Crippen LogP contribution in [-0.2, 0) is 21.2 Å². The number of carbonyl (C=O) groups excluding carboxylic acids is 1. The predicted octanol–water partition coefficient (Wildman–Crippen LogP) is 0.908. The maximum absolute atomic E-state index is 13.5. The van der Waals surface area contributed by atoms with Gasteiger partial charge in [-0.3, -0.25) is 4.79 Å². The smallest absolute Gasteiger partial charge is 0.224 e. The number of hydrogen-bond acceptors (Lipinski definition) is 3. The SMILES string of the molecule is CS(=O)(=O)N1CCCC(NC(=O)Cc2ccccc2F)C1. The predicted molar refractivity (Wildman–Crippen MR) is 77.7 cm³/mol. The van der Waals surface area contributed by atoms with Crippen molar-refractivity contribution in [2.75, 3.05) is 19.3 Å². The van der Waals surface area contributed by atoms with Crippen LogP contribution in [0.4, 0.5) is 4.39 Å². The highest BCUT2D eigenvalue weighted by Gasteiger charge is 2.26. The minimum Gasteiger partial charge on any atom is -0.352 e. The van der Waals surface area contributed by atoms with Crippen molar-refractivity contribution in [3.8, 4) is 0 Å². The molecule has 1 fully saturated rings. The number of piperidine rings is 1. The van der Waals surface area contributed by atoms with Gasteiger partial charge in [0.1, 0.15) is 5.82 Å². The summed E-state index contributed by atoms with van der Waals surface area (Å²) >= 11 is 0. The third-order valence-electron chi connectivity index (χ3n) is 3.53. The van der Waals surface area contributed by atoms with Crippen LogP contribution in [0.15, 0.2) is 24.3 Å². The highest BCUT2D eigenvalue weighted by molar-refractivity contribution is 7.88. The number of hydrogen-bond donors (Lipinski definition) is 1. The van der Waals surface area contributed by atoms with Gasteiger partial charge >= 0.3 is 0 Å². The first-order valence-corrected chi connectivity index (χ1v) is 8.69. The van der Waals surface area contributed by atoms with E-state index in [2.05, 4.69) is 5.32 Å². The molecule has 0 aromatic heterocycles. The fourth-order valence-corrected chi connectivity index (χ4v) is 3.37. The van der Waals surface area contributed by atoms with E-state index >= 15 is 0 Å². The van der Waals surface area contributed by atoms with Crippen molar-refractivity contribution < 1.29 is 17.6 Å². The second-order valence-electron chi connectivity index (χ2n) is 5.30. The van der Waals surface area contributed by atoms with Gasteiger partial charge in [-0.1, -0.05) is 18.2 Å². The number of rotatable bonds is 4. The number of nitrogens with one attached hydrogen (secondary N) is 1. The van der Waals surface area contributed by atoms with Crippen LogP contribution < -0.4 is 5.32 Å². The Morgan fingerprint density at radius 2 is 2.14 bits per heavy atom. The summed E-state index contributed by atoms with van der Waals surface area (Å²) in [5, 5.41) is 2.78. The van der Waals surface area contributed by atoms with Gasteiger partial charge in [0.2, 0.25) is 15.9 Å². The van der Waals surface area contributed by atoms with Crippen molar-refractivity contribution in [3.63, 3.8) is 0 Å². The lowest BCUT2D eigenvalue weighted by atomic mass is 10.1. The molecular formula is C14H19FN2O3S. The Morgan fingerprint density at radius 1 is 1.43 bits per heavy atom. The number of sulfonamides is 1. The van der Waals surface area contributed by atoms with Crippen LogP contribution >= 0.6 is 0 Å². The molecule has 116 valence electrons. The molecule has 1 aromatic rings. The normalized spacial score (nSPS) is 20.2. The molecule has 1 aliphatic heterocycles. The van der Waals surface area contributed by atoms with Crippen molar-refractivity contribution in [1.82, 2.24) is 9.62 Å². The molecule has 1 heterocycles. The average molecular weight is 314 g/mol. The second kappa shape index (κ2) is 6.53. The van der Waals surface area contributed by atoms with Crippen LogP contribution in [0.5, 0.6) is 0 Å². The quantitative estimate of drug-likeness (QED) is 0.898. The number of halogens is 1. The summed E-state index contributed by atoms with van der Waals surface area (Å²) in [4.78, 5) is 11.9. The molecule has 0 spiro atoms. The molecule has 1 aliphatic rings. The fraction of sp³-hybridized carbons (Fsp3) is 0.500. The lowest BCUT2D eigenvalue weighted by Gasteiger charge is -2.31. The Hall–Kier alpha value is -1.47. The van der Waals surface area contributed by atoms with Crippen LogP contribution in [0.1, 0.15) is 18.4 Å². The Balaban J connectivity index is 1.92. The molecule has 7 heteroatoms. The highest BCUT2D eigenvalue weighted by Crippen LogP contribution is 2.13. The standard InChI is InChI=1S/C14H19FN2O3S/c1-21(19,20)17-8-4-6-12(10-17)16-14(18)9-11-5-2-3-7-13(11)15/h2-3,5,7,12H,4,6,8-10H2,1H3,(H,16,18). The average Bonchev–Trinajstić information content (AvgIpc) is 2.41. The van der Waals surface area contributed by atoms with Crippen molar-refractivity contribution in [3.05, 3.63) is 35.6 Å². The lowest BCUT2D eigenvalue weighted by Crippen LogP contribution is -2.49. The molecule has 1 amide bonds. The zero-order valence-corrected chi connectivity index (χ0v) is 12.7. The number of amides is 1. The third-order valence-corrected chi connectivity index (χ3v) is 4.80. The number of benzene rings is 1. The first-order valence-electron chi connectivity index (χ1n) is 6.84. The lowest BCUT2D eigenvalue weighted by molar-refractivity contribution is -0.121. The number of carbonyl (C=O) groups is 1. The first kappa shape index (κ1) is 15.9. The Bertz CT molecular complexity index is 618. The van der Waals surface area contributed by atoms with Crippen molar-refractivity contribution in [1.29, 1.82) is 0 Å². The van der Waals surface area contributed by atoms with Crippen LogP contribution in [0.3, 0.4) is 0 Å². The summed E-state index contributed by atoms with van der Waals surface area (Å²) in [6.45, 7) is 0.764. The molecule has 0 aliphatic carbocycles. The fourth-order valence-electron chi connectivity index (χ4n) is 2.45. The summed E-state index contributed by atoms with van der Waals surface area (Å²) < 4.78 is 37.9. The largest absolute Gasteiger partial charge is 0.352 e. The van der Waals surface area contributed by atoms with E-state index in [1.54, 1.807) is 18.2 Å². The maximum atomic E-state index is 13.5. The molecule has 1 saturated heterocycles. The van der Waals surface area contributed by atoms with E-state index in [0.717, 1.165) is 12.7 Å². The van der Waals surface area contributed by atoms with Gasteiger partial charge in [0.05, 0.1) is 12.7 Å². The van der Waals surface area contributed by atoms with Crippen molar-refractivity contribution >= 4 is 15.9 Å². The van der Waals surface area contributed by atoms with Crippen LogP contribution in [-0.4, -0.2) is 44.0 Å². The summed E-state index contributed by atoms with van der Waals surface area (Å²) in [6, 6.07) is 5.92. The molecule has 0 radical (unpaired) electrons. The monoisotopic (exact) mass is 314 g/mol. The molecule has 21 heavy (non-hydrogen) atoms. The van der Waals surface area contributed by atoms with Gasteiger partial charge in [-0.25, -0.2) is 17.1 Å². The molecule has 1 N–H and O–H groups in total. The Kier molecular flexibility index (Phi) is 4.95. The number of nitrogens with zero attached hydrogens (tertiary/aromatic N) is 1. The van der Waals surface area contributed by atoms with Gasteiger partial charge < -0.3 is 5.32 Å². The zero-order chi connectivity index (χ0) is 15.5. The maximum Gasteiger partial charge on any atom is 0.224 e. The van der Waals surface area contributed by atoms with E-state index in [-0.39, 0.29) is 24.9 Å². The van der Waals surface area contributed by atoms with Gasteiger partial charge in [0.15, 0.2) is 0 Å². The molecule has 1 unspecified atom stereocenters. The van der Waals surface area contributed by atoms with Gasteiger partial charge in [0.25, 0.3) is 0 Å². The Labute approximate surface area is 124 Å². The Morgan fingerprint density at radius 3 is 2.81 bits per heavy atom. The third kappa shape index (κ3) is 4.50. The van der Waals surface area contributed by atoms with Crippen LogP contribution in [0, 0.1) is 5.82 Å². The highest BCUT2D eigenvalue weighted by atomic mass is 32.2. The summed E-state index contributed by atoms with van der Waals surface area (Å²) in [5.74, 6) is -0.700. The van der Waals surface area contributed by atoms with Crippen LogP contribution in [0.25, 0.3) is 0 Å². The molecule has 2 rings (SSSR count). The summed E-state index contributed by atoms with van der Waals surface area (Å²) in [5.41, 5.74) is 0.339. The molecular weight excluding hydrogens is 295 g/mol. The van der Waals surface area contributed by atoms with E-state index in [4.69, 9.17) is 0 Å². The van der Waals surface area contributed by atoms with Gasteiger partial charge in [0, 0.05) is 19.1 Å². The molecule has 0 saturated carbocycles. The van der Waals surface area contributed by atoms with Gasteiger partial charge in [-0.15, -0.1) is 0 Å². The molecule has 1 aromatic carbocycles. The van der Waals surface area contributed by atoms with Crippen molar-refractivity contribution in [2.24, 2.45) is 0 Å². The van der Waals surface area contributed by atoms with E-state index in [0.29, 0.717) is 18.5 Å². The van der Waals surface area contributed by atoms with E-state index < -0.39 is 15.8 Å². The van der Waals surface area contributed by atoms with E-state index in [1.165, 1.54) is 10.4 Å².